The van der Waals surface area contributed by atoms with E-state index in [4.69, 9.17) is 38.3 Å². The minimum atomic E-state index is -1.71. The molecule has 15 nitrogen and oxygen atoms in total. The van der Waals surface area contributed by atoms with Crippen LogP contribution in [-0.4, -0.2) is 74.0 Å². The van der Waals surface area contributed by atoms with Crippen LogP contribution in [0.25, 0.3) is 0 Å². The summed E-state index contributed by atoms with van der Waals surface area (Å²) >= 11 is 0. The highest BCUT2D eigenvalue weighted by Gasteiger charge is 2.47. The van der Waals surface area contributed by atoms with Gasteiger partial charge in [0.1, 0.15) is 18.3 Å². The monoisotopic (exact) mass is 362 g/mol. The minimum absolute atomic E-state index is 0.228. The molecular formula is C10H18N8O7. The molecule has 0 spiro atoms. The number of hydrogen-bond acceptors (Lipinski definition) is 11. The van der Waals surface area contributed by atoms with Crippen LogP contribution in [-0.2, 0) is 9.53 Å². The van der Waals surface area contributed by atoms with E-state index in [2.05, 4.69) is 4.99 Å². The van der Waals surface area contributed by atoms with Crippen LogP contribution in [0.3, 0.4) is 0 Å². The van der Waals surface area contributed by atoms with Crippen LogP contribution in [0.15, 0.2) is 16.5 Å². The van der Waals surface area contributed by atoms with Crippen LogP contribution in [0.4, 0.5) is 0 Å². The topological polar surface area (TPSA) is 274 Å². The van der Waals surface area contributed by atoms with E-state index in [1.165, 1.54) is 0 Å². The van der Waals surface area contributed by atoms with E-state index in [1.54, 1.807) is 0 Å². The molecule has 1 heterocycles. The van der Waals surface area contributed by atoms with Gasteiger partial charge >= 0.3 is 5.82 Å². The van der Waals surface area contributed by atoms with Crippen molar-refractivity contribution in [3.05, 3.63) is 21.6 Å². The number of amides is 1. The molecule has 1 aliphatic heterocycles. The van der Waals surface area contributed by atoms with Gasteiger partial charge in [-0.05, 0) is 4.92 Å². The maximum atomic E-state index is 12.4. The summed E-state index contributed by atoms with van der Waals surface area (Å²) in [6.07, 6.45) is -6.13. The summed E-state index contributed by atoms with van der Waals surface area (Å²) in [6.45, 7) is -0.679. The maximum Gasteiger partial charge on any atom is 0.339 e. The van der Waals surface area contributed by atoms with Gasteiger partial charge < -0.3 is 41.6 Å². The molecule has 0 saturated carbocycles. The van der Waals surface area contributed by atoms with E-state index in [9.17, 15) is 25.1 Å². The number of rotatable bonds is 5. The van der Waals surface area contributed by atoms with Crippen LogP contribution in [0.2, 0.25) is 0 Å². The Kier molecular flexibility index (Phi) is 6.31. The third-order valence-electron chi connectivity index (χ3n) is 3.19. The number of nitrogens with one attached hydrogen (secondary N) is 1. The SMILES string of the molecule is N=C(N)N=C(C(=O)N(N)C1OC(CO)C(O)C1O)C(N)=C(N)[N+](=O)[O-]. The largest absolute Gasteiger partial charge is 0.394 e. The Labute approximate surface area is 139 Å². The number of aliphatic hydroxyl groups is 3. The van der Waals surface area contributed by atoms with Gasteiger partial charge in [-0.15, -0.1) is 0 Å². The van der Waals surface area contributed by atoms with E-state index >= 15 is 0 Å². The van der Waals surface area contributed by atoms with Gasteiger partial charge in [-0.3, -0.25) is 15.9 Å². The number of carbonyl (C=O) groups is 1. The van der Waals surface area contributed by atoms with Crippen molar-refractivity contribution in [1.82, 2.24) is 5.01 Å². The lowest BCUT2D eigenvalue weighted by Crippen LogP contribution is -2.54. The van der Waals surface area contributed by atoms with E-state index in [1.807, 2.05) is 0 Å². The normalized spacial score (nSPS) is 27.6. The van der Waals surface area contributed by atoms with Crippen LogP contribution in [0.1, 0.15) is 0 Å². The first-order valence-electron chi connectivity index (χ1n) is 6.56. The lowest BCUT2D eigenvalue weighted by Gasteiger charge is -2.26. The number of nitrogens with zero attached hydrogens (tertiary/aromatic N) is 3. The minimum Gasteiger partial charge on any atom is -0.394 e. The van der Waals surface area contributed by atoms with Gasteiger partial charge in [-0.25, -0.2) is 15.8 Å². The molecule has 4 atom stereocenters. The van der Waals surface area contributed by atoms with Crippen molar-refractivity contribution in [3.8, 4) is 0 Å². The molecular weight excluding hydrogens is 344 g/mol. The number of nitrogens with two attached hydrogens (primary N) is 4. The molecule has 1 rings (SSSR count). The molecule has 0 aromatic carbocycles. The van der Waals surface area contributed by atoms with Crippen molar-refractivity contribution < 1.29 is 29.8 Å². The fourth-order valence-corrected chi connectivity index (χ4v) is 1.91. The highest BCUT2D eigenvalue weighted by atomic mass is 16.6. The predicted molar refractivity (Wildman–Crippen MR) is 80.5 cm³/mol. The number of hydrogen-bond donors (Lipinski definition) is 8. The lowest BCUT2D eigenvalue weighted by atomic mass is 10.1. The first kappa shape index (κ1) is 20.2. The maximum absolute atomic E-state index is 12.4. The quantitative estimate of drug-likeness (QED) is 0.0571. The van der Waals surface area contributed by atoms with Crippen molar-refractivity contribution in [1.29, 1.82) is 5.41 Å². The van der Waals surface area contributed by atoms with Crippen LogP contribution >= 0.6 is 0 Å². The van der Waals surface area contributed by atoms with Gasteiger partial charge in [0.15, 0.2) is 17.6 Å². The molecule has 1 amide bonds. The highest BCUT2D eigenvalue weighted by molar-refractivity contribution is 6.46. The first-order chi connectivity index (χ1) is 11.5. The molecule has 0 aliphatic carbocycles. The number of nitro groups is 1. The predicted octanol–water partition coefficient (Wildman–Crippen LogP) is -5.17. The van der Waals surface area contributed by atoms with Gasteiger partial charge in [0.25, 0.3) is 5.91 Å². The van der Waals surface area contributed by atoms with Crippen molar-refractivity contribution in [2.45, 2.75) is 24.5 Å². The van der Waals surface area contributed by atoms with E-state index < -0.39 is 65.2 Å². The van der Waals surface area contributed by atoms with Gasteiger partial charge in [-0.2, -0.15) is 0 Å². The fraction of sp³-hybridized carbons (Fsp3) is 0.500. The third-order valence-corrected chi connectivity index (χ3v) is 3.19. The fourth-order valence-electron chi connectivity index (χ4n) is 1.91. The van der Waals surface area contributed by atoms with Gasteiger partial charge in [0, 0.05) is 0 Å². The number of carbonyl (C=O) groups excluding carboxylic acids is 1. The molecule has 1 fully saturated rings. The third kappa shape index (κ3) is 4.17. The molecule has 12 N–H and O–H groups in total. The van der Waals surface area contributed by atoms with Gasteiger partial charge in [0.2, 0.25) is 5.96 Å². The molecule has 140 valence electrons. The van der Waals surface area contributed by atoms with Crippen LogP contribution < -0.4 is 23.0 Å². The molecule has 0 aromatic heterocycles. The summed E-state index contributed by atoms with van der Waals surface area (Å²) in [4.78, 5) is 25.2. The molecule has 4 unspecified atom stereocenters. The summed E-state index contributed by atoms with van der Waals surface area (Å²) in [5.74, 6) is 2.08. The van der Waals surface area contributed by atoms with Crippen molar-refractivity contribution in [2.75, 3.05) is 6.61 Å². The number of hydrazine groups is 1. The van der Waals surface area contributed by atoms with E-state index in [0.717, 1.165) is 0 Å². The Morgan fingerprint density at radius 2 is 1.88 bits per heavy atom. The Bertz CT molecular complexity index is 635. The Morgan fingerprint density at radius 3 is 2.28 bits per heavy atom. The van der Waals surface area contributed by atoms with Gasteiger partial charge in [-0.1, -0.05) is 0 Å². The smallest absolute Gasteiger partial charge is 0.339 e. The van der Waals surface area contributed by atoms with Crippen molar-refractivity contribution in [2.24, 2.45) is 28.0 Å². The molecule has 1 aliphatic rings. The summed E-state index contributed by atoms with van der Waals surface area (Å²) in [7, 11) is 0. The standard InChI is InChI=1S/C10H18N8O7/c11-3(7(12)18(23)24)4(16-10(13)14)8(22)17(15)9-6(21)5(20)2(1-19)25-9/h2,5-6,9,19-21H,1,11-12,15H2,(H3,13,14). The van der Waals surface area contributed by atoms with E-state index in [-0.39, 0.29) is 5.01 Å². The second kappa shape index (κ2) is 7.81. The second-order valence-electron chi connectivity index (χ2n) is 4.84. The molecule has 1 saturated heterocycles. The highest BCUT2D eigenvalue weighted by Crippen LogP contribution is 2.22. The summed E-state index contributed by atoms with van der Waals surface area (Å²) in [5, 5.41) is 46.5. The van der Waals surface area contributed by atoms with E-state index in [0.29, 0.717) is 0 Å². The van der Waals surface area contributed by atoms with Crippen LogP contribution in [0, 0.1) is 15.5 Å². The molecule has 25 heavy (non-hydrogen) atoms. The molecule has 0 bridgehead atoms. The molecule has 0 radical (unpaired) electrons. The zero-order valence-corrected chi connectivity index (χ0v) is 12.6. The number of aliphatic hydroxyl groups excluding tert-OH is 3. The zero-order chi connectivity index (χ0) is 19.5. The Hall–Kier alpha value is -2.85. The average molecular weight is 362 g/mol. The summed E-state index contributed by atoms with van der Waals surface area (Å²) < 4.78 is 5.03. The van der Waals surface area contributed by atoms with Gasteiger partial charge in [0.05, 0.1) is 6.61 Å². The number of ether oxygens (including phenoxy) is 1. The Morgan fingerprint density at radius 1 is 1.32 bits per heavy atom. The second-order valence-corrected chi connectivity index (χ2v) is 4.84. The molecule has 15 heteroatoms. The average Bonchev–Trinajstić information content (AvgIpc) is 2.84. The first-order valence-corrected chi connectivity index (χ1v) is 6.56. The van der Waals surface area contributed by atoms with Crippen molar-refractivity contribution in [3.63, 3.8) is 0 Å². The lowest BCUT2D eigenvalue weighted by molar-refractivity contribution is -0.427. The summed E-state index contributed by atoms with van der Waals surface area (Å²) in [5.41, 5.74) is 13.7. The number of guanidine groups is 1. The Balaban J connectivity index is 3.21. The summed E-state index contributed by atoms with van der Waals surface area (Å²) in [6, 6.07) is 0. The van der Waals surface area contributed by atoms with Crippen molar-refractivity contribution >= 4 is 17.6 Å². The molecule has 0 aromatic rings. The zero-order valence-electron chi connectivity index (χ0n) is 12.6. The van der Waals surface area contributed by atoms with Crippen LogP contribution in [0.5, 0.6) is 0 Å². The number of aliphatic imine (C=N–C) groups is 1.